The lowest BCUT2D eigenvalue weighted by molar-refractivity contribution is -0.111. The molecule has 1 fully saturated rings. The number of halogens is 2. The molecule has 1 aliphatic rings. The van der Waals surface area contributed by atoms with Crippen molar-refractivity contribution < 1.29 is 9.53 Å². The molecule has 0 saturated heterocycles. The van der Waals surface area contributed by atoms with Gasteiger partial charge in [0, 0.05) is 22.5 Å². The first kappa shape index (κ1) is 15.8. The minimum atomic E-state index is -0.135. The minimum absolute atomic E-state index is 0.0514. The summed E-state index contributed by atoms with van der Waals surface area (Å²) in [6.07, 6.45) is 1.05. The molecule has 1 saturated carbocycles. The van der Waals surface area contributed by atoms with Crippen LogP contribution in [0.3, 0.4) is 0 Å². The molecular formula is C15H19BrClNO2. The molecule has 5 heteroatoms. The molecule has 0 radical (unpaired) electrons. The van der Waals surface area contributed by atoms with Gasteiger partial charge >= 0.3 is 0 Å². The van der Waals surface area contributed by atoms with Crippen LogP contribution in [-0.2, 0) is 4.74 Å². The third-order valence-electron chi connectivity index (χ3n) is 4.05. The molecule has 20 heavy (non-hydrogen) atoms. The molecule has 1 amide bonds. The number of carbonyl (C=O) groups excluding carboxylic acids is 1. The van der Waals surface area contributed by atoms with Crippen molar-refractivity contribution in [3.8, 4) is 0 Å². The van der Waals surface area contributed by atoms with Crippen LogP contribution >= 0.6 is 27.5 Å². The average molecular weight is 361 g/mol. The number of ether oxygens (including phenoxy) is 1. The van der Waals surface area contributed by atoms with E-state index in [1.807, 2.05) is 13.0 Å². The molecule has 1 aliphatic carbocycles. The van der Waals surface area contributed by atoms with Gasteiger partial charge in [0.1, 0.15) is 0 Å². The van der Waals surface area contributed by atoms with E-state index in [-0.39, 0.29) is 23.5 Å². The van der Waals surface area contributed by atoms with Crippen LogP contribution in [0.25, 0.3) is 0 Å². The summed E-state index contributed by atoms with van der Waals surface area (Å²) in [7, 11) is 0. The summed E-state index contributed by atoms with van der Waals surface area (Å²) in [5, 5.41) is 3.50. The number of carbonyl (C=O) groups is 1. The second-order valence-corrected chi connectivity index (χ2v) is 6.86. The Morgan fingerprint density at radius 3 is 2.85 bits per heavy atom. The highest BCUT2D eigenvalue weighted by Gasteiger charge is 2.49. The molecule has 3 nitrogen and oxygen atoms in total. The zero-order valence-electron chi connectivity index (χ0n) is 11.9. The number of hydrogen-bond acceptors (Lipinski definition) is 2. The van der Waals surface area contributed by atoms with Gasteiger partial charge in [0.05, 0.1) is 16.7 Å². The molecule has 0 aromatic heterocycles. The topological polar surface area (TPSA) is 38.3 Å². The van der Waals surface area contributed by atoms with Crippen LogP contribution in [0.1, 0.15) is 37.6 Å². The number of hydrogen-bond donors (Lipinski definition) is 1. The molecule has 0 bridgehead atoms. The van der Waals surface area contributed by atoms with Crippen LogP contribution in [0.5, 0.6) is 0 Å². The summed E-state index contributed by atoms with van der Waals surface area (Å²) in [6.45, 7) is 6.92. The van der Waals surface area contributed by atoms with E-state index in [0.717, 1.165) is 10.9 Å². The Hall–Kier alpha value is -0.580. The smallest absolute Gasteiger partial charge is 0.253 e. The van der Waals surface area contributed by atoms with Gasteiger partial charge in [-0.2, -0.15) is 0 Å². The van der Waals surface area contributed by atoms with Gasteiger partial charge in [0.25, 0.3) is 5.91 Å². The second kappa shape index (κ2) is 6.04. The van der Waals surface area contributed by atoms with E-state index in [0.29, 0.717) is 17.2 Å². The zero-order valence-corrected chi connectivity index (χ0v) is 14.2. The molecule has 2 atom stereocenters. The Labute approximate surface area is 133 Å². The third-order valence-corrected chi connectivity index (χ3v) is 5.34. The Bertz CT molecular complexity index is 519. The van der Waals surface area contributed by atoms with E-state index >= 15 is 0 Å². The molecule has 1 aromatic rings. The van der Waals surface area contributed by atoms with E-state index in [1.165, 1.54) is 0 Å². The maximum Gasteiger partial charge on any atom is 0.253 e. The SMILES string of the molecule is CCOC1CC(NC(=O)c2cccc(Br)c2Cl)C1(C)C. The van der Waals surface area contributed by atoms with Crippen LogP contribution < -0.4 is 5.32 Å². The van der Waals surface area contributed by atoms with Gasteiger partial charge in [0.2, 0.25) is 0 Å². The van der Waals surface area contributed by atoms with Crippen molar-refractivity contribution >= 4 is 33.4 Å². The summed E-state index contributed by atoms with van der Waals surface area (Å²) in [6, 6.07) is 5.47. The van der Waals surface area contributed by atoms with Gasteiger partial charge in [-0.05, 0) is 41.4 Å². The van der Waals surface area contributed by atoms with Crippen LogP contribution in [0.15, 0.2) is 22.7 Å². The van der Waals surface area contributed by atoms with E-state index in [2.05, 4.69) is 35.1 Å². The number of benzene rings is 1. The molecule has 0 aliphatic heterocycles. The fourth-order valence-corrected chi connectivity index (χ4v) is 3.11. The van der Waals surface area contributed by atoms with E-state index < -0.39 is 0 Å². The fourth-order valence-electron chi connectivity index (χ4n) is 2.53. The third kappa shape index (κ3) is 2.87. The van der Waals surface area contributed by atoms with Crippen molar-refractivity contribution in [1.82, 2.24) is 5.32 Å². The molecular weight excluding hydrogens is 342 g/mol. The minimum Gasteiger partial charge on any atom is -0.378 e. The highest BCUT2D eigenvalue weighted by atomic mass is 79.9. The van der Waals surface area contributed by atoms with Crippen molar-refractivity contribution in [2.45, 2.75) is 39.3 Å². The normalized spacial score (nSPS) is 24.1. The molecule has 0 spiro atoms. The van der Waals surface area contributed by atoms with Gasteiger partial charge in [-0.3, -0.25) is 4.79 Å². The standard InChI is InChI=1S/C15H19BrClNO2/c1-4-20-12-8-11(15(12,2)3)18-14(19)9-6-5-7-10(16)13(9)17/h5-7,11-12H,4,8H2,1-3H3,(H,18,19). The van der Waals surface area contributed by atoms with Crippen LogP contribution in [-0.4, -0.2) is 24.7 Å². The lowest BCUT2D eigenvalue weighted by atomic mass is 9.64. The largest absolute Gasteiger partial charge is 0.378 e. The predicted octanol–water partition coefficient (Wildman–Crippen LogP) is 4.04. The van der Waals surface area contributed by atoms with E-state index in [1.54, 1.807) is 12.1 Å². The Kier molecular flexibility index (Phi) is 4.77. The Morgan fingerprint density at radius 2 is 2.25 bits per heavy atom. The zero-order chi connectivity index (χ0) is 14.9. The number of amides is 1. The molecule has 1 aromatic carbocycles. The van der Waals surface area contributed by atoms with Crippen LogP contribution in [0, 0.1) is 5.41 Å². The average Bonchev–Trinajstić information content (AvgIpc) is 2.40. The first-order chi connectivity index (χ1) is 9.37. The summed E-state index contributed by atoms with van der Waals surface area (Å²) in [4.78, 5) is 12.3. The van der Waals surface area contributed by atoms with Crippen LogP contribution in [0.2, 0.25) is 5.02 Å². The molecule has 110 valence electrons. The maximum absolute atomic E-state index is 12.3. The lowest BCUT2D eigenvalue weighted by Crippen LogP contribution is -2.62. The number of nitrogens with one attached hydrogen (secondary N) is 1. The molecule has 2 rings (SSSR count). The summed E-state index contributed by atoms with van der Waals surface area (Å²) < 4.78 is 6.40. The number of rotatable bonds is 4. The van der Waals surface area contributed by atoms with Crippen molar-refractivity contribution in [3.63, 3.8) is 0 Å². The van der Waals surface area contributed by atoms with E-state index in [9.17, 15) is 4.79 Å². The quantitative estimate of drug-likeness (QED) is 0.880. The molecule has 1 N–H and O–H groups in total. The van der Waals surface area contributed by atoms with Crippen molar-refractivity contribution in [1.29, 1.82) is 0 Å². The van der Waals surface area contributed by atoms with Gasteiger partial charge in [-0.25, -0.2) is 0 Å². The molecule has 0 heterocycles. The summed E-state index contributed by atoms with van der Waals surface area (Å²) in [5.41, 5.74) is 0.446. The van der Waals surface area contributed by atoms with Crippen molar-refractivity contribution in [2.75, 3.05) is 6.61 Å². The lowest BCUT2D eigenvalue weighted by Gasteiger charge is -2.51. The highest BCUT2D eigenvalue weighted by molar-refractivity contribution is 9.10. The first-order valence-electron chi connectivity index (χ1n) is 6.74. The van der Waals surface area contributed by atoms with Crippen LogP contribution in [0.4, 0.5) is 0 Å². The molecule has 2 unspecified atom stereocenters. The Morgan fingerprint density at radius 1 is 1.55 bits per heavy atom. The monoisotopic (exact) mass is 359 g/mol. The summed E-state index contributed by atoms with van der Waals surface area (Å²) in [5.74, 6) is -0.135. The summed E-state index contributed by atoms with van der Waals surface area (Å²) >= 11 is 9.48. The maximum atomic E-state index is 12.3. The van der Waals surface area contributed by atoms with Crippen molar-refractivity contribution in [3.05, 3.63) is 33.3 Å². The van der Waals surface area contributed by atoms with Gasteiger partial charge in [-0.1, -0.05) is 31.5 Å². The van der Waals surface area contributed by atoms with Gasteiger partial charge < -0.3 is 10.1 Å². The van der Waals surface area contributed by atoms with E-state index in [4.69, 9.17) is 16.3 Å². The Balaban J connectivity index is 2.05. The first-order valence-corrected chi connectivity index (χ1v) is 7.91. The predicted molar refractivity (Wildman–Crippen MR) is 84.2 cm³/mol. The highest BCUT2D eigenvalue weighted by Crippen LogP contribution is 2.43. The van der Waals surface area contributed by atoms with Gasteiger partial charge in [-0.15, -0.1) is 0 Å². The van der Waals surface area contributed by atoms with Gasteiger partial charge in [0.15, 0.2) is 0 Å². The second-order valence-electron chi connectivity index (χ2n) is 5.63. The fraction of sp³-hybridized carbons (Fsp3) is 0.533. The van der Waals surface area contributed by atoms with Crippen molar-refractivity contribution in [2.24, 2.45) is 5.41 Å².